The van der Waals surface area contributed by atoms with E-state index in [1.54, 1.807) is 6.20 Å². The number of carbonyl (C=O) groups excluding carboxylic acids is 1. The van der Waals surface area contributed by atoms with Crippen LogP contribution in [0.3, 0.4) is 0 Å². The standard InChI is InChI=1S/C19H23N5O/c1-13-16(14(2)24(4)22-13)12-17(25)21-18(15-8-6-5-7-9-15)19-20-10-11-23(19)3/h5-11,18H,12H2,1-4H3,(H,21,25)/t18-/m0/s1. The Balaban J connectivity index is 1.86. The Hall–Kier alpha value is -2.89. The summed E-state index contributed by atoms with van der Waals surface area (Å²) in [7, 11) is 3.82. The number of benzene rings is 1. The highest BCUT2D eigenvalue weighted by Crippen LogP contribution is 2.21. The molecule has 0 saturated carbocycles. The van der Waals surface area contributed by atoms with Crippen molar-refractivity contribution in [2.45, 2.75) is 26.3 Å². The van der Waals surface area contributed by atoms with Gasteiger partial charge < -0.3 is 9.88 Å². The van der Waals surface area contributed by atoms with Crippen LogP contribution in [0.2, 0.25) is 0 Å². The van der Waals surface area contributed by atoms with Gasteiger partial charge in [-0.1, -0.05) is 30.3 Å². The molecule has 3 rings (SSSR count). The average molecular weight is 337 g/mol. The molecule has 1 aromatic carbocycles. The molecule has 0 fully saturated rings. The number of nitrogens with one attached hydrogen (secondary N) is 1. The highest BCUT2D eigenvalue weighted by atomic mass is 16.1. The molecule has 6 heteroatoms. The summed E-state index contributed by atoms with van der Waals surface area (Å²) >= 11 is 0. The summed E-state index contributed by atoms with van der Waals surface area (Å²) in [5, 5.41) is 7.51. The van der Waals surface area contributed by atoms with Crippen molar-refractivity contribution in [2.75, 3.05) is 0 Å². The Morgan fingerprint density at radius 3 is 2.48 bits per heavy atom. The lowest BCUT2D eigenvalue weighted by Crippen LogP contribution is -2.32. The lowest BCUT2D eigenvalue weighted by molar-refractivity contribution is -0.121. The van der Waals surface area contributed by atoms with Crippen LogP contribution in [0.1, 0.15) is 34.4 Å². The van der Waals surface area contributed by atoms with Crippen LogP contribution < -0.4 is 5.32 Å². The molecule has 0 aliphatic rings. The maximum Gasteiger partial charge on any atom is 0.225 e. The third-order valence-corrected chi connectivity index (χ3v) is 4.55. The predicted octanol–water partition coefficient (Wildman–Crippen LogP) is 2.22. The Morgan fingerprint density at radius 2 is 1.92 bits per heavy atom. The number of hydrogen-bond acceptors (Lipinski definition) is 3. The van der Waals surface area contributed by atoms with Crippen molar-refractivity contribution in [2.24, 2.45) is 14.1 Å². The van der Waals surface area contributed by atoms with Gasteiger partial charge in [-0.15, -0.1) is 0 Å². The van der Waals surface area contributed by atoms with E-state index in [2.05, 4.69) is 15.4 Å². The van der Waals surface area contributed by atoms with E-state index in [9.17, 15) is 4.79 Å². The zero-order valence-corrected chi connectivity index (χ0v) is 15.0. The van der Waals surface area contributed by atoms with Crippen molar-refractivity contribution in [3.05, 3.63) is 71.1 Å². The van der Waals surface area contributed by atoms with E-state index < -0.39 is 0 Å². The average Bonchev–Trinajstić information content (AvgIpc) is 3.12. The summed E-state index contributed by atoms with van der Waals surface area (Å²) in [5.41, 5.74) is 3.89. The molecule has 1 amide bonds. The molecule has 0 saturated heterocycles. The minimum Gasteiger partial charge on any atom is -0.342 e. The Kier molecular flexibility index (Phi) is 4.70. The third kappa shape index (κ3) is 3.47. The van der Waals surface area contributed by atoms with Crippen molar-refractivity contribution in [3.8, 4) is 0 Å². The van der Waals surface area contributed by atoms with Crippen LogP contribution in [0, 0.1) is 13.8 Å². The van der Waals surface area contributed by atoms with Gasteiger partial charge in [0.25, 0.3) is 0 Å². The third-order valence-electron chi connectivity index (χ3n) is 4.55. The van der Waals surface area contributed by atoms with E-state index in [-0.39, 0.29) is 11.9 Å². The van der Waals surface area contributed by atoms with Crippen molar-refractivity contribution >= 4 is 5.91 Å². The first-order valence-electron chi connectivity index (χ1n) is 8.28. The molecular formula is C19H23N5O. The van der Waals surface area contributed by atoms with E-state index in [4.69, 9.17) is 0 Å². The first-order valence-corrected chi connectivity index (χ1v) is 8.28. The predicted molar refractivity (Wildman–Crippen MR) is 96.0 cm³/mol. The van der Waals surface area contributed by atoms with E-state index in [0.717, 1.165) is 28.3 Å². The van der Waals surface area contributed by atoms with Gasteiger partial charge in [-0.3, -0.25) is 9.48 Å². The number of amides is 1. The molecule has 0 spiro atoms. The SMILES string of the molecule is Cc1nn(C)c(C)c1CC(=O)N[C@@H](c1ccccc1)c1nccn1C. The summed E-state index contributed by atoms with van der Waals surface area (Å²) in [6.45, 7) is 3.92. The first-order chi connectivity index (χ1) is 12.0. The molecule has 0 unspecified atom stereocenters. The second kappa shape index (κ2) is 6.93. The summed E-state index contributed by atoms with van der Waals surface area (Å²) in [6.07, 6.45) is 3.93. The monoisotopic (exact) mass is 337 g/mol. The van der Waals surface area contributed by atoms with Crippen LogP contribution in [0.5, 0.6) is 0 Å². The number of nitrogens with zero attached hydrogens (tertiary/aromatic N) is 4. The maximum absolute atomic E-state index is 12.7. The van der Waals surface area contributed by atoms with Gasteiger partial charge in [-0.2, -0.15) is 5.10 Å². The minimum absolute atomic E-state index is 0.0453. The van der Waals surface area contributed by atoms with Crippen LogP contribution in [-0.2, 0) is 25.3 Å². The molecule has 25 heavy (non-hydrogen) atoms. The molecule has 3 aromatic rings. The molecule has 0 aliphatic carbocycles. The highest BCUT2D eigenvalue weighted by molar-refractivity contribution is 5.80. The van der Waals surface area contributed by atoms with E-state index >= 15 is 0 Å². The van der Waals surface area contributed by atoms with Crippen LogP contribution in [-0.4, -0.2) is 25.2 Å². The molecule has 2 aromatic heterocycles. The fraction of sp³-hybridized carbons (Fsp3) is 0.316. The lowest BCUT2D eigenvalue weighted by atomic mass is 10.0. The molecule has 0 radical (unpaired) electrons. The highest BCUT2D eigenvalue weighted by Gasteiger charge is 2.22. The fourth-order valence-electron chi connectivity index (χ4n) is 3.04. The van der Waals surface area contributed by atoms with Gasteiger partial charge in [0.2, 0.25) is 5.91 Å². The van der Waals surface area contributed by atoms with Crippen molar-refractivity contribution in [1.82, 2.24) is 24.6 Å². The van der Waals surface area contributed by atoms with Gasteiger partial charge in [0, 0.05) is 37.7 Å². The number of aryl methyl sites for hydroxylation is 3. The topological polar surface area (TPSA) is 64.7 Å². The van der Waals surface area contributed by atoms with Gasteiger partial charge in [0.15, 0.2) is 0 Å². The maximum atomic E-state index is 12.7. The molecule has 6 nitrogen and oxygen atoms in total. The molecule has 2 heterocycles. The van der Waals surface area contributed by atoms with E-state index in [0.29, 0.717) is 6.42 Å². The van der Waals surface area contributed by atoms with Crippen molar-refractivity contribution in [3.63, 3.8) is 0 Å². The second-order valence-corrected chi connectivity index (χ2v) is 6.26. The normalized spacial score (nSPS) is 12.2. The van der Waals surface area contributed by atoms with Crippen molar-refractivity contribution < 1.29 is 4.79 Å². The quantitative estimate of drug-likeness (QED) is 0.776. The Labute approximate surface area is 147 Å². The van der Waals surface area contributed by atoms with E-state index in [1.165, 1.54) is 0 Å². The number of rotatable bonds is 5. The first kappa shape index (κ1) is 17.0. The molecule has 1 N–H and O–H groups in total. The second-order valence-electron chi connectivity index (χ2n) is 6.26. The fourth-order valence-corrected chi connectivity index (χ4v) is 3.04. The molecular weight excluding hydrogens is 314 g/mol. The van der Waals surface area contributed by atoms with Gasteiger partial charge in [0.05, 0.1) is 12.1 Å². The number of carbonyl (C=O) groups is 1. The van der Waals surface area contributed by atoms with Crippen LogP contribution in [0.25, 0.3) is 0 Å². The molecule has 130 valence electrons. The van der Waals surface area contributed by atoms with E-state index in [1.807, 2.05) is 73.7 Å². The zero-order valence-electron chi connectivity index (χ0n) is 15.0. The Bertz CT molecular complexity index is 879. The summed E-state index contributed by atoms with van der Waals surface area (Å²) in [5.74, 6) is 0.759. The van der Waals surface area contributed by atoms with Crippen LogP contribution in [0.4, 0.5) is 0 Å². The number of imidazole rings is 1. The number of aromatic nitrogens is 4. The van der Waals surface area contributed by atoms with Gasteiger partial charge in [-0.25, -0.2) is 4.98 Å². The van der Waals surface area contributed by atoms with Crippen molar-refractivity contribution in [1.29, 1.82) is 0 Å². The van der Waals surface area contributed by atoms with Crippen LogP contribution in [0.15, 0.2) is 42.7 Å². The van der Waals surface area contributed by atoms with Gasteiger partial charge in [-0.05, 0) is 19.4 Å². The summed E-state index contributed by atoms with van der Waals surface area (Å²) < 4.78 is 3.74. The smallest absolute Gasteiger partial charge is 0.225 e. The lowest BCUT2D eigenvalue weighted by Gasteiger charge is -2.19. The molecule has 0 aliphatic heterocycles. The summed E-state index contributed by atoms with van der Waals surface area (Å²) in [6, 6.07) is 9.61. The Morgan fingerprint density at radius 1 is 1.20 bits per heavy atom. The molecule has 1 atom stereocenters. The number of hydrogen-bond donors (Lipinski definition) is 1. The van der Waals surface area contributed by atoms with Gasteiger partial charge in [0.1, 0.15) is 11.9 Å². The van der Waals surface area contributed by atoms with Crippen LogP contribution >= 0.6 is 0 Å². The molecule has 0 bridgehead atoms. The zero-order chi connectivity index (χ0) is 18.0. The minimum atomic E-state index is -0.286. The largest absolute Gasteiger partial charge is 0.342 e. The van der Waals surface area contributed by atoms with Gasteiger partial charge >= 0.3 is 0 Å². The summed E-state index contributed by atoms with van der Waals surface area (Å²) in [4.78, 5) is 17.2.